The summed E-state index contributed by atoms with van der Waals surface area (Å²) in [6, 6.07) is 4.77. The van der Waals surface area contributed by atoms with Crippen LogP contribution in [0.15, 0.2) is 18.2 Å². The Morgan fingerprint density at radius 3 is 2.86 bits per heavy atom. The van der Waals surface area contributed by atoms with Crippen molar-refractivity contribution in [3.05, 3.63) is 35.1 Å². The van der Waals surface area contributed by atoms with Gasteiger partial charge in [-0.25, -0.2) is 9.18 Å². The maximum absolute atomic E-state index is 13.8. The number of nitrogens with zero attached hydrogens (tertiary/aromatic N) is 2. The Hall–Kier alpha value is -2.07. The molecular formula is C14H14FN3O2S. The van der Waals surface area contributed by atoms with Gasteiger partial charge in [-0.15, -0.1) is 0 Å². The number of carbonyl (C=O) groups is 2. The number of nitrogens with one attached hydrogen (secondary N) is 1. The van der Waals surface area contributed by atoms with E-state index in [0.717, 1.165) is 16.7 Å². The zero-order valence-corrected chi connectivity index (χ0v) is 12.2. The Kier molecular flexibility index (Phi) is 4.81. The predicted octanol–water partition coefficient (Wildman–Crippen LogP) is 1.87. The van der Waals surface area contributed by atoms with Gasteiger partial charge in [0, 0.05) is 5.56 Å². The normalized spacial score (nSPS) is 17.8. The Labute approximate surface area is 126 Å². The summed E-state index contributed by atoms with van der Waals surface area (Å²) in [6.07, 6.45) is 2.48. The van der Waals surface area contributed by atoms with E-state index in [0.29, 0.717) is 6.42 Å². The maximum atomic E-state index is 13.8. The highest BCUT2D eigenvalue weighted by Crippen LogP contribution is 2.18. The molecule has 1 aliphatic heterocycles. The van der Waals surface area contributed by atoms with Crippen molar-refractivity contribution in [2.45, 2.75) is 19.0 Å². The van der Waals surface area contributed by atoms with Crippen molar-refractivity contribution in [1.29, 1.82) is 5.26 Å². The molecule has 0 aliphatic carbocycles. The molecule has 110 valence electrons. The van der Waals surface area contributed by atoms with Gasteiger partial charge in [-0.2, -0.15) is 17.0 Å². The molecule has 0 aromatic heterocycles. The van der Waals surface area contributed by atoms with Gasteiger partial charge in [0.05, 0.1) is 18.2 Å². The molecule has 1 N–H and O–H groups in total. The number of amides is 3. The molecule has 3 amide bonds. The van der Waals surface area contributed by atoms with Gasteiger partial charge in [0.1, 0.15) is 11.9 Å². The van der Waals surface area contributed by atoms with Gasteiger partial charge >= 0.3 is 6.03 Å². The first-order valence-corrected chi connectivity index (χ1v) is 7.75. The number of halogens is 1. The minimum absolute atomic E-state index is 0.127. The lowest BCUT2D eigenvalue weighted by atomic mass is 10.1. The summed E-state index contributed by atoms with van der Waals surface area (Å²) in [4.78, 5) is 24.9. The number of thioether (sulfide) groups is 1. The third kappa shape index (κ3) is 3.34. The number of urea groups is 1. The van der Waals surface area contributed by atoms with E-state index in [4.69, 9.17) is 5.26 Å². The van der Waals surface area contributed by atoms with Crippen LogP contribution in [-0.2, 0) is 11.3 Å². The van der Waals surface area contributed by atoms with Gasteiger partial charge in [0.2, 0.25) is 0 Å². The molecule has 7 heteroatoms. The number of hydrogen-bond acceptors (Lipinski definition) is 4. The highest BCUT2D eigenvalue weighted by molar-refractivity contribution is 7.98. The number of hydrogen-bond donors (Lipinski definition) is 1. The second-order valence-electron chi connectivity index (χ2n) is 4.63. The summed E-state index contributed by atoms with van der Waals surface area (Å²) in [6.45, 7) is -0.127. The molecule has 1 heterocycles. The Bertz CT molecular complexity index is 615. The number of imide groups is 1. The van der Waals surface area contributed by atoms with Crippen LogP contribution >= 0.6 is 11.8 Å². The summed E-state index contributed by atoms with van der Waals surface area (Å²) in [5.74, 6) is -0.171. The summed E-state index contributed by atoms with van der Waals surface area (Å²) in [5, 5.41) is 11.3. The molecule has 0 spiro atoms. The van der Waals surface area contributed by atoms with Crippen LogP contribution in [0.2, 0.25) is 0 Å². The first-order chi connectivity index (χ1) is 10.1. The predicted molar refractivity (Wildman–Crippen MR) is 77.0 cm³/mol. The Morgan fingerprint density at radius 1 is 1.48 bits per heavy atom. The van der Waals surface area contributed by atoms with Crippen LogP contribution in [0.3, 0.4) is 0 Å². The van der Waals surface area contributed by atoms with E-state index in [9.17, 15) is 14.0 Å². The largest absolute Gasteiger partial charge is 0.326 e. The number of rotatable bonds is 5. The topological polar surface area (TPSA) is 73.2 Å². The SMILES string of the molecule is CSCC[C@H]1NC(=O)N(Cc2ccc(C#N)cc2F)C1=O. The average molecular weight is 307 g/mol. The van der Waals surface area contributed by atoms with Crippen LogP contribution in [-0.4, -0.2) is 34.9 Å². The molecule has 1 aliphatic rings. The van der Waals surface area contributed by atoms with E-state index in [-0.39, 0.29) is 23.6 Å². The quantitative estimate of drug-likeness (QED) is 0.843. The summed E-state index contributed by atoms with van der Waals surface area (Å²) in [7, 11) is 0. The van der Waals surface area contributed by atoms with Crippen LogP contribution in [0.5, 0.6) is 0 Å². The first-order valence-electron chi connectivity index (χ1n) is 6.36. The van der Waals surface area contributed by atoms with Crippen molar-refractivity contribution in [3.63, 3.8) is 0 Å². The summed E-state index contributed by atoms with van der Waals surface area (Å²) >= 11 is 1.59. The summed E-state index contributed by atoms with van der Waals surface area (Å²) < 4.78 is 13.8. The van der Waals surface area contributed by atoms with E-state index in [1.807, 2.05) is 12.3 Å². The Morgan fingerprint density at radius 2 is 2.24 bits per heavy atom. The molecule has 1 atom stereocenters. The molecule has 2 rings (SSSR count). The molecule has 5 nitrogen and oxygen atoms in total. The molecule has 1 fully saturated rings. The van der Waals surface area contributed by atoms with E-state index in [1.54, 1.807) is 11.8 Å². The zero-order chi connectivity index (χ0) is 15.4. The minimum atomic E-state index is -0.595. The van der Waals surface area contributed by atoms with Gasteiger partial charge in [-0.3, -0.25) is 9.69 Å². The minimum Gasteiger partial charge on any atom is -0.326 e. The monoisotopic (exact) mass is 307 g/mol. The lowest BCUT2D eigenvalue weighted by Gasteiger charge is -2.13. The van der Waals surface area contributed by atoms with Crippen LogP contribution in [0.1, 0.15) is 17.5 Å². The van der Waals surface area contributed by atoms with Crippen molar-refractivity contribution in [1.82, 2.24) is 10.2 Å². The first kappa shape index (κ1) is 15.3. The van der Waals surface area contributed by atoms with Crippen LogP contribution in [0.25, 0.3) is 0 Å². The molecule has 0 saturated carbocycles. The molecule has 1 aromatic carbocycles. The van der Waals surface area contributed by atoms with Gasteiger partial charge in [0.15, 0.2) is 0 Å². The number of nitriles is 1. The van der Waals surface area contributed by atoms with Crippen molar-refractivity contribution < 1.29 is 14.0 Å². The van der Waals surface area contributed by atoms with Gasteiger partial charge in [-0.1, -0.05) is 6.07 Å². The van der Waals surface area contributed by atoms with Crippen LogP contribution < -0.4 is 5.32 Å². The molecule has 21 heavy (non-hydrogen) atoms. The van der Waals surface area contributed by atoms with Gasteiger partial charge < -0.3 is 5.32 Å². The second kappa shape index (κ2) is 6.59. The van der Waals surface area contributed by atoms with Gasteiger partial charge in [-0.05, 0) is 30.6 Å². The van der Waals surface area contributed by atoms with Crippen molar-refractivity contribution in [3.8, 4) is 6.07 Å². The molecular weight excluding hydrogens is 293 g/mol. The van der Waals surface area contributed by atoms with E-state index < -0.39 is 17.9 Å². The fraction of sp³-hybridized carbons (Fsp3) is 0.357. The lowest BCUT2D eigenvalue weighted by Crippen LogP contribution is -2.31. The zero-order valence-electron chi connectivity index (χ0n) is 11.4. The average Bonchev–Trinajstić information content (AvgIpc) is 2.74. The highest BCUT2D eigenvalue weighted by atomic mass is 32.2. The molecule has 1 aromatic rings. The van der Waals surface area contributed by atoms with Crippen molar-refractivity contribution >= 4 is 23.7 Å². The number of carbonyl (C=O) groups excluding carboxylic acids is 2. The lowest BCUT2D eigenvalue weighted by molar-refractivity contribution is -0.127. The smallest absolute Gasteiger partial charge is 0.325 e. The molecule has 0 unspecified atom stereocenters. The van der Waals surface area contributed by atoms with Crippen molar-refractivity contribution in [2.24, 2.45) is 0 Å². The fourth-order valence-electron chi connectivity index (χ4n) is 2.07. The molecule has 0 radical (unpaired) electrons. The standard InChI is InChI=1S/C14H14FN3O2S/c1-21-5-4-12-13(19)18(14(20)17-12)8-10-3-2-9(7-16)6-11(10)15/h2-3,6,12H,4-5,8H2,1H3,(H,17,20)/t12-/m1/s1. The van der Waals surface area contributed by atoms with Crippen LogP contribution in [0.4, 0.5) is 9.18 Å². The fourth-order valence-corrected chi connectivity index (χ4v) is 2.54. The maximum Gasteiger partial charge on any atom is 0.325 e. The highest BCUT2D eigenvalue weighted by Gasteiger charge is 2.37. The Balaban J connectivity index is 2.11. The van der Waals surface area contributed by atoms with E-state index in [1.165, 1.54) is 12.1 Å². The third-order valence-electron chi connectivity index (χ3n) is 3.23. The summed E-state index contributed by atoms with van der Waals surface area (Å²) in [5.41, 5.74) is 0.411. The molecule has 1 saturated heterocycles. The van der Waals surface area contributed by atoms with Gasteiger partial charge in [0.25, 0.3) is 5.91 Å². The second-order valence-corrected chi connectivity index (χ2v) is 5.61. The van der Waals surface area contributed by atoms with E-state index >= 15 is 0 Å². The van der Waals surface area contributed by atoms with Crippen molar-refractivity contribution in [2.75, 3.05) is 12.0 Å². The third-order valence-corrected chi connectivity index (χ3v) is 3.87. The number of benzene rings is 1. The molecule has 0 bridgehead atoms. The van der Waals surface area contributed by atoms with Crippen LogP contribution in [0, 0.1) is 17.1 Å². The van der Waals surface area contributed by atoms with E-state index in [2.05, 4.69) is 5.32 Å².